The molecule has 0 radical (unpaired) electrons. The zero-order chi connectivity index (χ0) is 9.97. The second kappa shape index (κ2) is 3.45. The molecule has 2 aromatic rings. The van der Waals surface area contributed by atoms with Crippen LogP contribution in [0.5, 0.6) is 0 Å². The number of anilines is 1. The Kier molecular flexibility index (Phi) is 2.14. The van der Waals surface area contributed by atoms with Crippen LogP contribution in [0.3, 0.4) is 0 Å². The van der Waals surface area contributed by atoms with Gasteiger partial charge in [0.25, 0.3) is 0 Å². The van der Waals surface area contributed by atoms with Crippen molar-refractivity contribution in [3.05, 3.63) is 24.8 Å². The first kappa shape index (κ1) is 8.68. The molecule has 14 heavy (non-hydrogen) atoms. The summed E-state index contributed by atoms with van der Waals surface area (Å²) in [6.07, 6.45) is 5.10. The van der Waals surface area contributed by atoms with Gasteiger partial charge in [0.1, 0.15) is 17.8 Å². The van der Waals surface area contributed by atoms with E-state index >= 15 is 0 Å². The molecule has 0 bridgehead atoms. The topological polar surface area (TPSA) is 69.6 Å². The molecular formula is C9H11N5. The Morgan fingerprint density at radius 2 is 2.21 bits per heavy atom. The fourth-order valence-electron chi connectivity index (χ4n) is 1.29. The van der Waals surface area contributed by atoms with Crippen molar-refractivity contribution in [3.63, 3.8) is 0 Å². The molecule has 72 valence electrons. The Balaban J connectivity index is 2.49. The molecule has 0 amide bonds. The van der Waals surface area contributed by atoms with Gasteiger partial charge in [-0.05, 0) is 6.92 Å². The molecule has 2 aromatic heterocycles. The summed E-state index contributed by atoms with van der Waals surface area (Å²) in [4.78, 5) is 12.2. The van der Waals surface area contributed by atoms with Crippen LogP contribution < -0.4 is 5.73 Å². The summed E-state index contributed by atoms with van der Waals surface area (Å²) < 4.78 is 2.00. The Morgan fingerprint density at radius 3 is 2.93 bits per heavy atom. The molecule has 0 saturated heterocycles. The largest absolute Gasteiger partial charge is 0.384 e. The molecule has 2 rings (SSSR count). The Bertz CT molecular complexity index is 434. The van der Waals surface area contributed by atoms with Gasteiger partial charge in [-0.25, -0.2) is 15.0 Å². The molecule has 5 nitrogen and oxygen atoms in total. The lowest BCUT2D eigenvalue weighted by Gasteiger charge is -2.03. The van der Waals surface area contributed by atoms with E-state index in [0.29, 0.717) is 5.82 Å². The van der Waals surface area contributed by atoms with Gasteiger partial charge >= 0.3 is 0 Å². The predicted octanol–water partition coefficient (Wildman–Crippen LogP) is 0.942. The van der Waals surface area contributed by atoms with Crippen molar-refractivity contribution < 1.29 is 0 Å². The zero-order valence-corrected chi connectivity index (χ0v) is 7.88. The Morgan fingerprint density at radius 1 is 1.36 bits per heavy atom. The maximum Gasteiger partial charge on any atom is 0.158 e. The monoisotopic (exact) mass is 189 g/mol. The van der Waals surface area contributed by atoms with E-state index in [4.69, 9.17) is 5.73 Å². The summed E-state index contributed by atoms with van der Waals surface area (Å²) in [6.45, 7) is 2.91. The average Bonchev–Trinajstić information content (AvgIpc) is 2.65. The van der Waals surface area contributed by atoms with Crippen LogP contribution in [0, 0.1) is 0 Å². The maximum atomic E-state index is 5.57. The van der Waals surface area contributed by atoms with Gasteiger partial charge in [-0.2, -0.15) is 0 Å². The van der Waals surface area contributed by atoms with Gasteiger partial charge in [-0.1, -0.05) is 0 Å². The summed E-state index contributed by atoms with van der Waals surface area (Å²) in [7, 11) is 0. The van der Waals surface area contributed by atoms with Crippen molar-refractivity contribution in [2.45, 2.75) is 13.5 Å². The summed E-state index contributed by atoms with van der Waals surface area (Å²) in [6, 6.07) is 1.72. The average molecular weight is 189 g/mol. The zero-order valence-electron chi connectivity index (χ0n) is 7.88. The maximum absolute atomic E-state index is 5.57. The van der Waals surface area contributed by atoms with E-state index in [-0.39, 0.29) is 0 Å². The molecule has 0 aromatic carbocycles. The minimum atomic E-state index is 0.459. The number of imidazole rings is 1. The minimum absolute atomic E-state index is 0.459. The molecule has 0 aliphatic carbocycles. The molecule has 0 unspecified atom stereocenters. The van der Waals surface area contributed by atoms with Crippen LogP contribution in [-0.4, -0.2) is 19.5 Å². The van der Waals surface area contributed by atoms with Crippen molar-refractivity contribution in [2.75, 3.05) is 5.73 Å². The number of rotatable bonds is 2. The third-order valence-electron chi connectivity index (χ3n) is 1.97. The summed E-state index contributed by atoms with van der Waals surface area (Å²) in [5, 5.41) is 0. The van der Waals surface area contributed by atoms with E-state index in [0.717, 1.165) is 18.1 Å². The highest BCUT2D eigenvalue weighted by molar-refractivity contribution is 5.53. The standard InChI is InChI=1S/C9H11N5/c1-2-14-4-3-11-9(14)7-5-8(10)13-6-12-7/h3-6H,2H2,1H3,(H2,10,12,13). The first-order valence-corrected chi connectivity index (χ1v) is 4.40. The lowest BCUT2D eigenvalue weighted by atomic mass is 10.3. The number of aryl methyl sites for hydroxylation is 1. The Hall–Kier alpha value is -1.91. The molecule has 0 saturated carbocycles. The summed E-state index contributed by atoms with van der Waals surface area (Å²) in [5.74, 6) is 1.28. The van der Waals surface area contributed by atoms with Gasteiger partial charge in [0.05, 0.1) is 0 Å². The molecule has 0 aliphatic rings. The smallest absolute Gasteiger partial charge is 0.158 e. The fraction of sp³-hybridized carbons (Fsp3) is 0.222. The highest BCUT2D eigenvalue weighted by atomic mass is 15.1. The highest BCUT2D eigenvalue weighted by Gasteiger charge is 2.05. The molecule has 2 heterocycles. The molecule has 2 N–H and O–H groups in total. The van der Waals surface area contributed by atoms with E-state index in [9.17, 15) is 0 Å². The second-order valence-corrected chi connectivity index (χ2v) is 2.86. The summed E-state index contributed by atoms with van der Waals surface area (Å²) in [5.41, 5.74) is 6.32. The second-order valence-electron chi connectivity index (χ2n) is 2.86. The number of nitrogens with zero attached hydrogens (tertiary/aromatic N) is 4. The van der Waals surface area contributed by atoms with Crippen molar-refractivity contribution in [3.8, 4) is 11.5 Å². The van der Waals surface area contributed by atoms with Crippen LogP contribution in [0.1, 0.15) is 6.92 Å². The first-order chi connectivity index (χ1) is 6.81. The van der Waals surface area contributed by atoms with Crippen molar-refractivity contribution in [2.24, 2.45) is 0 Å². The minimum Gasteiger partial charge on any atom is -0.384 e. The van der Waals surface area contributed by atoms with Crippen LogP contribution in [-0.2, 0) is 6.54 Å². The van der Waals surface area contributed by atoms with E-state index in [1.165, 1.54) is 6.33 Å². The van der Waals surface area contributed by atoms with E-state index in [2.05, 4.69) is 21.9 Å². The quantitative estimate of drug-likeness (QED) is 0.763. The van der Waals surface area contributed by atoms with Gasteiger partial charge in [0, 0.05) is 25.0 Å². The van der Waals surface area contributed by atoms with Crippen LogP contribution in [0.15, 0.2) is 24.8 Å². The molecule has 0 fully saturated rings. The van der Waals surface area contributed by atoms with Gasteiger partial charge in [-0.15, -0.1) is 0 Å². The first-order valence-electron chi connectivity index (χ1n) is 4.40. The third kappa shape index (κ3) is 1.44. The van der Waals surface area contributed by atoms with Gasteiger partial charge < -0.3 is 10.3 Å². The normalized spacial score (nSPS) is 10.4. The van der Waals surface area contributed by atoms with Crippen molar-refractivity contribution in [1.29, 1.82) is 0 Å². The molecule has 0 spiro atoms. The fourth-order valence-corrected chi connectivity index (χ4v) is 1.29. The number of aromatic nitrogens is 4. The molecule has 0 atom stereocenters. The number of nitrogens with two attached hydrogens (primary N) is 1. The highest BCUT2D eigenvalue weighted by Crippen LogP contribution is 2.15. The van der Waals surface area contributed by atoms with Gasteiger partial charge in [-0.3, -0.25) is 0 Å². The van der Waals surface area contributed by atoms with Gasteiger partial charge in [0.15, 0.2) is 5.82 Å². The molecular weight excluding hydrogens is 178 g/mol. The lowest BCUT2D eigenvalue weighted by Crippen LogP contribution is -1.99. The van der Waals surface area contributed by atoms with Crippen LogP contribution in [0.2, 0.25) is 0 Å². The van der Waals surface area contributed by atoms with Crippen LogP contribution >= 0.6 is 0 Å². The number of hydrogen-bond donors (Lipinski definition) is 1. The number of hydrogen-bond acceptors (Lipinski definition) is 4. The number of nitrogen functional groups attached to an aromatic ring is 1. The van der Waals surface area contributed by atoms with E-state index in [1.54, 1.807) is 12.3 Å². The van der Waals surface area contributed by atoms with E-state index < -0.39 is 0 Å². The lowest BCUT2D eigenvalue weighted by molar-refractivity contribution is 0.767. The van der Waals surface area contributed by atoms with Crippen LogP contribution in [0.4, 0.5) is 5.82 Å². The molecule has 5 heteroatoms. The third-order valence-corrected chi connectivity index (χ3v) is 1.97. The van der Waals surface area contributed by atoms with Gasteiger partial charge in [0.2, 0.25) is 0 Å². The molecule has 0 aliphatic heterocycles. The Labute approximate surface area is 81.6 Å². The van der Waals surface area contributed by atoms with E-state index in [1.807, 2.05) is 10.8 Å². The SMILES string of the molecule is CCn1ccnc1-c1cc(N)ncn1. The van der Waals surface area contributed by atoms with Crippen LogP contribution in [0.25, 0.3) is 11.5 Å². The van der Waals surface area contributed by atoms with Crippen molar-refractivity contribution >= 4 is 5.82 Å². The summed E-state index contributed by atoms with van der Waals surface area (Å²) >= 11 is 0. The predicted molar refractivity (Wildman–Crippen MR) is 53.3 cm³/mol. The van der Waals surface area contributed by atoms with Crippen molar-refractivity contribution in [1.82, 2.24) is 19.5 Å².